The molecule has 3 heteroatoms. The third-order valence-corrected chi connectivity index (χ3v) is 2.40. The number of rotatable bonds is 4. The lowest BCUT2D eigenvalue weighted by Gasteiger charge is -2.11. The molecule has 0 saturated heterocycles. The van der Waals surface area contributed by atoms with Gasteiger partial charge in [0.15, 0.2) is 0 Å². The number of benzene rings is 2. The van der Waals surface area contributed by atoms with Gasteiger partial charge < -0.3 is 10.5 Å². The van der Waals surface area contributed by atoms with E-state index in [-0.39, 0.29) is 5.82 Å². The molecule has 0 radical (unpaired) electrons. The molecule has 0 saturated carbocycles. The quantitative estimate of drug-likeness (QED) is 0.878. The predicted octanol–water partition coefficient (Wildman–Crippen LogP) is 2.83. The molecular formula is C14H14FNO. The van der Waals surface area contributed by atoms with E-state index in [0.29, 0.717) is 18.9 Å². The van der Waals surface area contributed by atoms with Crippen molar-refractivity contribution in [3.63, 3.8) is 0 Å². The molecular weight excluding hydrogens is 217 g/mol. The van der Waals surface area contributed by atoms with Crippen LogP contribution in [-0.4, -0.2) is 13.2 Å². The molecule has 0 aliphatic carbocycles. The molecule has 17 heavy (non-hydrogen) atoms. The maximum absolute atomic E-state index is 13.3. The lowest BCUT2D eigenvalue weighted by atomic mass is 10.0. The van der Waals surface area contributed by atoms with Gasteiger partial charge in [-0.25, -0.2) is 4.39 Å². The topological polar surface area (TPSA) is 35.2 Å². The van der Waals surface area contributed by atoms with Crippen LogP contribution in [0.4, 0.5) is 4.39 Å². The Hall–Kier alpha value is -1.87. The van der Waals surface area contributed by atoms with Gasteiger partial charge in [-0.15, -0.1) is 0 Å². The first kappa shape index (κ1) is 11.6. The highest BCUT2D eigenvalue weighted by Crippen LogP contribution is 2.30. The Morgan fingerprint density at radius 1 is 1.06 bits per heavy atom. The summed E-state index contributed by atoms with van der Waals surface area (Å²) in [6.07, 6.45) is 0. The van der Waals surface area contributed by atoms with Gasteiger partial charge in [-0.2, -0.15) is 0 Å². The summed E-state index contributed by atoms with van der Waals surface area (Å²) in [5.74, 6) is 0.381. The van der Waals surface area contributed by atoms with Crippen LogP contribution in [-0.2, 0) is 0 Å². The number of ether oxygens (including phenoxy) is 1. The minimum absolute atomic E-state index is 0.274. The normalized spacial score (nSPS) is 10.2. The molecule has 0 aliphatic rings. The summed E-state index contributed by atoms with van der Waals surface area (Å²) in [7, 11) is 0. The molecule has 0 fully saturated rings. The first-order chi connectivity index (χ1) is 8.31. The Bertz CT molecular complexity index is 485. The van der Waals surface area contributed by atoms with Crippen molar-refractivity contribution in [1.82, 2.24) is 0 Å². The lowest BCUT2D eigenvalue weighted by molar-refractivity contribution is 0.329. The van der Waals surface area contributed by atoms with E-state index in [2.05, 4.69) is 0 Å². The molecule has 0 aromatic heterocycles. The van der Waals surface area contributed by atoms with Gasteiger partial charge >= 0.3 is 0 Å². The van der Waals surface area contributed by atoms with Crippen LogP contribution in [0.1, 0.15) is 0 Å². The van der Waals surface area contributed by atoms with Gasteiger partial charge in [0.1, 0.15) is 18.2 Å². The Kier molecular flexibility index (Phi) is 3.73. The number of halogens is 1. The van der Waals surface area contributed by atoms with Crippen molar-refractivity contribution in [3.8, 4) is 16.9 Å². The fourth-order valence-corrected chi connectivity index (χ4v) is 1.64. The summed E-state index contributed by atoms with van der Waals surface area (Å²) in [6, 6.07) is 14.1. The Labute approximate surface area is 99.8 Å². The van der Waals surface area contributed by atoms with Crippen molar-refractivity contribution in [3.05, 3.63) is 54.3 Å². The highest BCUT2D eigenvalue weighted by molar-refractivity contribution is 5.70. The van der Waals surface area contributed by atoms with Crippen molar-refractivity contribution in [1.29, 1.82) is 0 Å². The maximum atomic E-state index is 13.3. The van der Waals surface area contributed by atoms with Crippen molar-refractivity contribution in [2.24, 2.45) is 5.73 Å². The average molecular weight is 231 g/mol. The monoisotopic (exact) mass is 231 g/mol. The highest BCUT2D eigenvalue weighted by atomic mass is 19.1. The Balaban J connectivity index is 2.40. The molecule has 0 aliphatic heterocycles. The van der Waals surface area contributed by atoms with Gasteiger partial charge in [-0.05, 0) is 23.8 Å². The van der Waals surface area contributed by atoms with E-state index in [1.807, 2.05) is 30.3 Å². The van der Waals surface area contributed by atoms with E-state index in [4.69, 9.17) is 10.5 Å². The van der Waals surface area contributed by atoms with Gasteiger partial charge in [-0.3, -0.25) is 0 Å². The number of nitrogens with two attached hydrogens (primary N) is 1. The molecule has 2 rings (SSSR count). The van der Waals surface area contributed by atoms with Crippen molar-refractivity contribution >= 4 is 0 Å². The standard InChI is InChI=1S/C14H14FNO/c15-12-6-7-14(17-9-8-16)13(10-12)11-4-2-1-3-5-11/h1-7,10H,8-9,16H2. The number of hydrogen-bond donors (Lipinski definition) is 1. The fraction of sp³-hybridized carbons (Fsp3) is 0.143. The molecule has 2 N–H and O–H groups in total. The summed E-state index contributed by atoms with van der Waals surface area (Å²) in [5.41, 5.74) is 7.07. The Morgan fingerprint density at radius 3 is 2.53 bits per heavy atom. The second kappa shape index (κ2) is 5.46. The SMILES string of the molecule is NCCOc1ccc(F)cc1-c1ccccc1. The second-order valence-electron chi connectivity index (χ2n) is 3.64. The summed E-state index contributed by atoms with van der Waals surface area (Å²) < 4.78 is 18.8. The van der Waals surface area contributed by atoms with E-state index >= 15 is 0 Å². The van der Waals surface area contributed by atoms with Crippen molar-refractivity contribution in [2.45, 2.75) is 0 Å². The molecule has 2 nitrogen and oxygen atoms in total. The zero-order valence-electron chi connectivity index (χ0n) is 9.40. The third-order valence-electron chi connectivity index (χ3n) is 2.40. The van der Waals surface area contributed by atoms with Gasteiger partial charge in [0.25, 0.3) is 0 Å². The van der Waals surface area contributed by atoms with Crippen LogP contribution >= 0.6 is 0 Å². The molecule has 88 valence electrons. The summed E-state index contributed by atoms with van der Waals surface area (Å²) in [6.45, 7) is 0.858. The van der Waals surface area contributed by atoms with E-state index in [9.17, 15) is 4.39 Å². The molecule has 0 unspecified atom stereocenters. The van der Waals surface area contributed by atoms with Gasteiger partial charge in [0.2, 0.25) is 0 Å². The smallest absolute Gasteiger partial charge is 0.127 e. The van der Waals surface area contributed by atoms with E-state index in [1.54, 1.807) is 6.07 Å². The highest BCUT2D eigenvalue weighted by Gasteiger charge is 2.07. The summed E-state index contributed by atoms with van der Waals surface area (Å²) in [4.78, 5) is 0. The molecule has 2 aromatic rings. The number of hydrogen-bond acceptors (Lipinski definition) is 2. The Morgan fingerprint density at radius 2 is 1.82 bits per heavy atom. The van der Waals surface area contributed by atoms with Crippen LogP contribution in [0.25, 0.3) is 11.1 Å². The van der Waals surface area contributed by atoms with Crippen molar-refractivity contribution < 1.29 is 9.13 Å². The van der Waals surface area contributed by atoms with Crippen LogP contribution in [0.15, 0.2) is 48.5 Å². The first-order valence-corrected chi connectivity index (χ1v) is 5.49. The minimum atomic E-state index is -0.274. The van der Waals surface area contributed by atoms with E-state index in [1.165, 1.54) is 12.1 Å². The second-order valence-corrected chi connectivity index (χ2v) is 3.64. The first-order valence-electron chi connectivity index (χ1n) is 5.49. The third kappa shape index (κ3) is 2.82. The maximum Gasteiger partial charge on any atom is 0.127 e. The zero-order chi connectivity index (χ0) is 12.1. The summed E-state index contributed by atoms with van der Waals surface area (Å²) in [5, 5.41) is 0. The largest absolute Gasteiger partial charge is 0.492 e. The zero-order valence-corrected chi connectivity index (χ0v) is 9.40. The van der Waals surface area contributed by atoms with Gasteiger partial charge in [0, 0.05) is 12.1 Å². The van der Waals surface area contributed by atoms with Gasteiger partial charge in [-0.1, -0.05) is 30.3 Å². The van der Waals surface area contributed by atoms with Crippen LogP contribution in [0.2, 0.25) is 0 Å². The molecule has 0 atom stereocenters. The van der Waals surface area contributed by atoms with E-state index in [0.717, 1.165) is 11.1 Å². The summed E-state index contributed by atoms with van der Waals surface area (Å²) >= 11 is 0. The average Bonchev–Trinajstić information content (AvgIpc) is 2.38. The van der Waals surface area contributed by atoms with Gasteiger partial charge in [0.05, 0.1) is 0 Å². The van der Waals surface area contributed by atoms with Crippen LogP contribution < -0.4 is 10.5 Å². The molecule has 0 bridgehead atoms. The molecule has 0 spiro atoms. The fourth-order valence-electron chi connectivity index (χ4n) is 1.64. The molecule has 0 heterocycles. The lowest BCUT2D eigenvalue weighted by Crippen LogP contribution is -2.11. The minimum Gasteiger partial charge on any atom is -0.492 e. The molecule has 2 aromatic carbocycles. The molecule has 0 amide bonds. The predicted molar refractivity (Wildman–Crippen MR) is 66.4 cm³/mol. The van der Waals surface area contributed by atoms with Crippen molar-refractivity contribution in [2.75, 3.05) is 13.2 Å². The van der Waals surface area contributed by atoms with Crippen LogP contribution in [0.3, 0.4) is 0 Å². The van der Waals surface area contributed by atoms with Crippen LogP contribution in [0, 0.1) is 5.82 Å². The van der Waals surface area contributed by atoms with E-state index < -0.39 is 0 Å². The van der Waals surface area contributed by atoms with Crippen LogP contribution in [0.5, 0.6) is 5.75 Å².